The summed E-state index contributed by atoms with van der Waals surface area (Å²) < 4.78 is 5.57. The van der Waals surface area contributed by atoms with Gasteiger partial charge in [-0.05, 0) is 72.0 Å². The van der Waals surface area contributed by atoms with Crippen LogP contribution in [0.15, 0.2) is 121 Å². The molecule has 0 atom stereocenters. The number of ether oxygens (including phenoxy) is 1. The second-order valence-corrected chi connectivity index (χ2v) is 8.10. The maximum atomic E-state index is 12.7. The van der Waals surface area contributed by atoms with Crippen LogP contribution in [0.3, 0.4) is 0 Å². The minimum Gasteiger partial charge on any atom is -0.423 e. The predicted molar refractivity (Wildman–Crippen MR) is 139 cm³/mol. The number of hydrogen-bond donors (Lipinski definition) is 0. The van der Waals surface area contributed by atoms with Crippen LogP contribution < -0.4 is 9.64 Å². The number of anilines is 3. The molecule has 3 nitrogen and oxygen atoms in total. The van der Waals surface area contributed by atoms with Crippen LogP contribution in [0.5, 0.6) is 5.75 Å². The number of para-hydroxylation sites is 1. The molecule has 0 unspecified atom stereocenters. The fourth-order valence-electron chi connectivity index (χ4n) is 4.11. The Morgan fingerprint density at radius 2 is 1.32 bits per heavy atom. The highest BCUT2D eigenvalue weighted by Crippen LogP contribution is 2.38. The highest BCUT2D eigenvalue weighted by molar-refractivity contribution is 5.99. The van der Waals surface area contributed by atoms with Crippen molar-refractivity contribution in [3.05, 3.63) is 132 Å². The number of nitrogens with zero attached hydrogens (tertiary/aromatic N) is 1. The van der Waals surface area contributed by atoms with Gasteiger partial charge in [0.25, 0.3) is 0 Å². The van der Waals surface area contributed by atoms with Crippen molar-refractivity contribution in [1.29, 1.82) is 0 Å². The first-order valence-electron chi connectivity index (χ1n) is 11.5. The molecule has 0 saturated carbocycles. The highest BCUT2D eigenvalue weighted by atomic mass is 16.5. The van der Waals surface area contributed by atoms with Crippen molar-refractivity contribution in [3.8, 4) is 5.75 Å². The van der Waals surface area contributed by atoms with Crippen molar-refractivity contribution >= 4 is 33.8 Å². The number of benzene rings is 5. The second-order valence-electron chi connectivity index (χ2n) is 8.10. The number of fused-ring (bicyclic) bond motifs is 1. The highest BCUT2D eigenvalue weighted by Gasteiger charge is 2.16. The summed E-state index contributed by atoms with van der Waals surface area (Å²) in [7, 11) is 0. The second kappa shape index (κ2) is 9.63. The Morgan fingerprint density at radius 1 is 0.676 bits per heavy atom. The van der Waals surface area contributed by atoms with Crippen LogP contribution in [-0.4, -0.2) is 5.97 Å². The van der Waals surface area contributed by atoms with Gasteiger partial charge < -0.3 is 9.64 Å². The van der Waals surface area contributed by atoms with Gasteiger partial charge in [0.2, 0.25) is 0 Å². The maximum Gasteiger partial charge on any atom is 0.343 e. The van der Waals surface area contributed by atoms with E-state index in [9.17, 15) is 4.79 Å². The average Bonchev–Trinajstić information content (AvgIpc) is 2.90. The van der Waals surface area contributed by atoms with Gasteiger partial charge in [-0.3, -0.25) is 0 Å². The van der Waals surface area contributed by atoms with E-state index in [4.69, 9.17) is 4.74 Å². The number of rotatable bonds is 6. The maximum absolute atomic E-state index is 12.7. The van der Waals surface area contributed by atoms with Gasteiger partial charge in [-0.2, -0.15) is 0 Å². The molecular formula is C31H25NO2. The summed E-state index contributed by atoms with van der Waals surface area (Å²) in [4.78, 5) is 14.9. The molecule has 5 rings (SSSR count). The summed E-state index contributed by atoms with van der Waals surface area (Å²) >= 11 is 0. The molecule has 0 N–H and O–H groups in total. The standard InChI is InChI=1S/C31H25NO2/c1-2-23-15-21-28(22-16-23)34-31(33)25-17-19-27(20-18-25)32(26-11-4-3-5-12-26)30-14-8-10-24-9-6-7-13-29(24)30/h3-22H,2H2,1H3. The SMILES string of the molecule is CCc1ccc(OC(=O)c2ccc(N(c3ccccc3)c3cccc4ccccc34)cc2)cc1. The number of aryl methyl sites for hydroxylation is 1. The summed E-state index contributed by atoms with van der Waals surface area (Å²) in [5.41, 5.74) is 4.81. The molecule has 0 amide bonds. The monoisotopic (exact) mass is 443 g/mol. The van der Waals surface area contributed by atoms with E-state index in [1.165, 1.54) is 10.9 Å². The molecule has 0 aromatic heterocycles. The lowest BCUT2D eigenvalue weighted by Crippen LogP contribution is -2.12. The lowest BCUT2D eigenvalue weighted by molar-refractivity contribution is 0.0735. The Labute approximate surface area is 199 Å². The van der Waals surface area contributed by atoms with Gasteiger partial charge in [0.1, 0.15) is 5.75 Å². The number of esters is 1. The van der Waals surface area contributed by atoms with E-state index in [-0.39, 0.29) is 5.97 Å². The van der Waals surface area contributed by atoms with Crippen LogP contribution in [0.4, 0.5) is 17.1 Å². The van der Waals surface area contributed by atoms with E-state index in [0.717, 1.165) is 28.9 Å². The molecule has 0 radical (unpaired) electrons. The number of carbonyl (C=O) groups is 1. The number of hydrogen-bond acceptors (Lipinski definition) is 3. The van der Waals surface area contributed by atoms with E-state index in [1.54, 1.807) is 0 Å². The molecule has 0 spiro atoms. The van der Waals surface area contributed by atoms with Crippen molar-refractivity contribution in [1.82, 2.24) is 0 Å². The zero-order valence-electron chi connectivity index (χ0n) is 19.0. The minimum atomic E-state index is -0.368. The molecule has 34 heavy (non-hydrogen) atoms. The first kappa shape index (κ1) is 21.5. The Morgan fingerprint density at radius 3 is 2.06 bits per heavy atom. The molecule has 5 aromatic carbocycles. The fourth-order valence-corrected chi connectivity index (χ4v) is 4.11. The third kappa shape index (κ3) is 4.41. The van der Waals surface area contributed by atoms with E-state index in [0.29, 0.717) is 11.3 Å². The predicted octanol–water partition coefficient (Wildman–Crippen LogP) is 8.09. The van der Waals surface area contributed by atoms with Crippen LogP contribution in [0.25, 0.3) is 10.8 Å². The first-order chi connectivity index (χ1) is 16.7. The largest absolute Gasteiger partial charge is 0.423 e. The molecule has 0 aliphatic rings. The van der Waals surface area contributed by atoms with Crippen molar-refractivity contribution in [3.63, 3.8) is 0 Å². The molecule has 0 fully saturated rings. The van der Waals surface area contributed by atoms with Gasteiger partial charge in [-0.25, -0.2) is 4.79 Å². The van der Waals surface area contributed by atoms with E-state index in [2.05, 4.69) is 66.4 Å². The summed E-state index contributed by atoms with van der Waals surface area (Å²) in [6, 6.07) is 40.1. The molecule has 0 saturated heterocycles. The Balaban J connectivity index is 1.48. The molecule has 3 heteroatoms. The van der Waals surface area contributed by atoms with Crippen molar-refractivity contribution in [2.45, 2.75) is 13.3 Å². The van der Waals surface area contributed by atoms with E-state index < -0.39 is 0 Å². The quantitative estimate of drug-likeness (QED) is 0.196. The van der Waals surface area contributed by atoms with Crippen LogP contribution in [0.2, 0.25) is 0 Å². The van der Waals surface area contributed by atoms with Gasteiger partial charge in [-0.15, -0.1) is 0 Å². The van der Waals surface area contributed by atoms with E-state index in [1.807, 2.05) is 66.7 Å². The van der Waals surface area contributed by atoms with Crippen LogP contribution >= 0.6 is 0 Å². The van der Waals surface area contributed by atoms with Crippen molar-refractivity contribution in [2.75, 3.05) is 4.90 Å². The average molecular weight is 444 g/mol. The van der Waals surface area contributed by atoms with Crippen LogP contribution in [-0.2, 0) is 6.42 Å². The molecule has 5 aromatic rings. The lowest BCUT2D eigenvalue weighted by atomic mass is 10.1. The zero-order chi connectivity index (χ0) is 23.3. The topological polar surface area (TPSA) is 29.5 Å². The lowest BCUT2D eigenvalue weighted by Gasteiger charge is -2.27. The van der Waals surface area contributed by atoms with Gasteiger partial charge in [0.15, 0.2) is 0 Å². The Bertz CT molecular complexity index is 1400. The Hall–Kier alpha value is -4.37. The molecule has 0 aliphatic carbocycles. The van der Waals surface area contributed by atoms with Gasteiger partial charge in [-0.1, -0.05) is 73.7 Å². The zero-order valence-corrected chi connectivity index (χ0v) is 19.0. The summed E-state index contributed by atoms with van der Waals surface area (Å²) in [5.74, 6) is 0.181. The van der Waals surface area contributed by atoms with Crippen LogP contribution in [0, 0.1) is 0 Å². The van der Waals surface area contributed by atoms with Gasteiger partial charge in [0, 0.05) is 16.8 Å². The van der Waals surface area contributed by atoms with Crippen LogP contribution in [0.1, 0.15) is 22.8 Å². The first-order valence-corrected chi connectivity index (χ1v) is 11.5. The van der Waals surface area contributed by atoms with Gasteiger partial charge >= 0.3 is 5.97 Å². The smallest absolute Gasteiger partial charge is 0.343 e. The van der Waals surface area contributed by atoms with Gasteiger partial charge in [0.05, 0.1) is 11.3 Å². The van der Waals surface area contributed by atoms with Crippen molar-refractivity contribution < 1.29 is 9.53 Å². The molecule has 0 aliphatic heterocycles. The molecular weight excluding hydrogens is 418 g/mol. The fraction of sp³-hybridized carbons (Fsp3) is 0.0645. The molecule has 0 heterocycles. The third-order valence-corrected chi connectivity index (χ3v) is 5.93. The molecule has 0 bridgehead atoms. The summed E-state index contributed by atoms with van der Waals surface area (Å²) in [6.45, 7) is 2.10. The van der Waals surface area contributed by atoms with E-state index >= 15 is 0 Å². The third-order valence-electron chi connectivity index (χ3n) is 5.93. The number of carbonyl (C=O) groups excluding carboxylic acids is 1. The molecule has 166 valence electrons. The van der Waals surface area contributed by atoms with Crippen molar-refractivity contribution in [2.24, 2.45) is 0 Å². The minimum absolute atomic E-state index is 0.368. The normalized spacial score (nSPS) is 10.7. The summed E-state index contributed by atoms with van der Waals surface area (Å²) in [6.07, 6.45) is 0.949. The Kier molecular flexibility index (Phi) is 6.09. The summed E-state index contributed by atoms with van der Waals surface area (Å²) in [5, 5.41) is 2.34.